The molecule has 1 atom stereocenters. The third kappa shape index (κ3) is 3.05. The van der Waals surface area contributed by atoms with Crippen molar-refractivity contribution < 1.29 is 9.90 Å². The number of aryl methyl sites for hydroxylation is 1. The lowest BCUT2D eigenvalue weighted by Crippen LogP contribution is -2.39. The molecule has 0 radical (unpaired) electrons. The molecule has 1 amide bonds. The molecule has 0 aliphatic carbocycles. The largest absolute Gasteiger partial charge is 0.388 e. The molecule has 0 spiro atoms. The minimum absolute atomic E-state index is 0.0765. The van der Waals surface area contributed by atoms with E-state index >= 15 is 0 Å². The Morgan fingerprint density at radius 1 is 1.32 bits per heavy atom. The van der Waals surface area contributed by atoms with Crippen LogP contribution in [0.15, 0.2) is 35.8 Å². The fraction of sp³-hybridized carbons (Fsp3) is 0.412. The van der Waals surface area contributed by atoms with Crippen LogP contribution in [0.3, 0.4) is 0 Å². The summed E-state index contributed by atoms with van der Waals surface area (Å²) < 4.78 is 0. The summed E-state index contributed by atoms with van der Waals surface area (Å²) in [5, 5.41) is 10.5. The van der Waals surface area contributed by atoms with E-state index in [9.17, 15) is 9.90 Å². The molecule has 0 bridgehead atoms. The molecule has 0 saturated carbocycles. The Kier molecular flexibility index (Phi) is 4.55. The number of amides is 1. The number of hydrogen-bond acceptors (Lipinski definition) is 4. The summed E-state index contributed by atoms with van der Waals surface area (Å²) in [7, 11) is 0. The number of rotatable bonds is 3. The summed E-state index contributed by atoms with van der Waals surface area (Å²) in [5.41, 5.74) is 3.49. The topological polar surface area (TPSA) is 53.4 Å². The SMILES string of the molecule is Cc1ncsc1C(=O)N1CCC([C@H](O)c2ccccc2)CC1. The molecular formula is C17H20N2O2S. The summed E-state index contributed by atoms with van der Waals surface area (Å²) in [6.07, 6.45) is 1.22. The van der Waals surface area contributed by atoms with Crippen LogP contribution in [0.25, 0.3) is 0 Å². The molecule has 1 fully saturated rings. The number of carbonyl (C=O) groups is 1. The van der Waals surface area contributed by atoms with E-state index in [2.05, 4.69) is 4.98 Å². The predicted molar refractivity (Wildman–Crippen MR) is 86.9 cm³/mol. The Labute approximate surface area is 134 Å². The van der Waals surface area contributed by atoms with Gasteiger partial charge in [0.1, 0.15) is 4.88 Å². The molecule has 5 heteroatoms. The number of carbonyl (C=O) groups excluding carboxylic acids is 1. The van der Waals surface area contributed by atoms with Gasteiger partial charge < -0.3 is 10.0 Å². The van der Waals surface area contributed by atoms with Crippen LogP contribution < -0.4 is 0 Å². The average molecular weight is 316 g/mol. The highest BCUT2D eigenvalue weighted by molar-refractivity contribution is 7.11. The van der Waals surface area contributed by atoms with E-state index in [1.54, 1.807) is 5.51 Å². The normalized spacial score (nSPS) is 17.5. The van der Waals surface area contributed by atoms with E-state index < -0.39 is 6.10 Å². The van der Waals surface area contributed by atoms with Crippen LogP contribution in [0.4, 0.5) is 0 Å². The fourth-order valence-corrected chi connectivity index (χ4v) is 3.76. The van der Waals surface area contributed by atoms with E-state index in [1.807, 2.05) is 42.2 Å². The molecule has 1 saturated heterocycles. The summed E-state index contributed by atoms with van der Waals surface area (Å²) in [5.74, 6) is 0.293. The summed E-state index contributed by atoms with van der Waals surface area (Å²) >= 11 is 1.40. The minimum atomic E-state index is -0.441. The second kappa shape index (κ2) is 6.58. The second-order valence-corrected chi connectivity index (χ2v) is 6.61. The van der Waals surface area contributed by atoms with E-state index in [0.717, 1.165) is 29.0 Å². The minimum Gasteiger partial charge on any atom is -0.388 e. The Morgan fingerprint density at radius 3 is 2.59 bits per heavy atom. The molecule has 116 valence electrons. The number of thiazole rings is 1. The van der Waals surface area contributed by atoms with E-state index in [4.69, 9.17) is 0 Å². The van der Waals surface area contributed by atoms with E-state index in [0.29, 0.717) is 13.1 Å². The molecule has 1 N–H and O–H groups in total. The first-order valence-electron chi connectivity index (χ1n) is 7.59. The molecule has 1 aromatic heterocycles. The molecule has 1 aliphatic rings. The zero-order chi connectivity index (χ0) is 15.5. The lowest BCUT2D eigenvalue weighted by Gasteiger charge is -2.34. The zero-order valence-electron chi connectivity index (χ0n) is 12.6. The van der Waals surface area contributed by atoms with Crippen LogP contribution in [0.1, 0.15) is 39.9 Å². The summed E-state index contributed by atoms with van der Waals surface area (Å²) in [6.45, 7) is 3.27. The van der Waals surface area contributed by atoms with Crippen molar-refractivity contribution in [2.24, 2.45) is 5.92 Å². The lowest BCUT2D eigenvalue weighted by molar-refractivity contribution is 0.0465. The van der Waals surface area contributed by atoms with Gasteiger partial charge in [-0.1, -0.05) is 30.3 Å². The van der Waals surface area contributed by atoms with Crippen molar-refractivity contribution in [3.05, 3.63) is 52.0 Å². The van der Waals surface area contributed by atoms with Crippen molar-refractivity contribution in [1.82, 2.24) is 9.88 Å². The smallest absolute Gasteiger partial charge is 0.265 e. The number of nitrogens with zero attached hydrogens (tertiary/aromatic N) is 2. The third-order valence-corrected chi connectivity index (χ3v) is 5.27. The fourth-order valence-electron chi connectivity index (χ4n) is 2.99. The average Bonchev–Trinajstić information content (AvgIpc) is 3.00. The van der Waals surface area contributed by atoms with Crippen LogP contribution in [-0.2, 0) is 0 Å². The monoisotopic (exact) mass is 316 g/mol. The summed E-state index contributed by atoms with van der Waals surface area (Å²) in [4.78, 5) is 19.2. The maximum absolute atomic E-state index is 12.5. The van der Waals surface area contributed by atoms with Crippen molar-refractivity contribution in [3.63, 3.8) is 0 Å². The van der Waals surface area contributed by atoms with Crippen LogP contribution >= 0.6 is 11.3 Å². The molecule has 1 aliphatic heterocycles. The van der Waals surface area contributed by atoms with Crippen LogP contribution in [-0.4, -0.2) is 34.0 Å². The van der Waals surface area contributed by atoms with E-state index in [1.165, 1.54) is 11.3 Å². The van der Waals surface area contributed by atoms with Crippen LogP contribution in [0, 0.1) is 12.8 Å². The van der Waals surface area contributed by atoms with Gasteiger partial charge in [-0.25, -0.2) is 4.98 Å². The maximum Gasteiger partial charge on any atom is 0.265 e. The van der Waals surface area contributed by atoms with Gasteiger partial charge in [-0.15, -0.1) is 11.3 Å². The van der Waals surface area contributed by atoms with Crippen molar-refractivity contribution >= 4 is 17.2 Å². The van der Waals surface area contributed by atoms with Gasteiger partial charge in [-0.3, -0.25) is 4.79 Å². The van der Waals surface area contributed by atoms with Gasteiger partial charge in [0.25, 0.3) is 5.91 Å². The van der Waals surface area contributed by atoms with Gasteiger partial charge in [-0.05, 0) is 31.2 Å². The molecule has 4 nitrogen and oxygen atoms in total. The molecule has 1 aromatic carbocycles. The van der Waals surface area contributed by atoms with Gasteiger partial charge in [0, 0.05) is 13.1 Å². The van der Waals surface area contributed by atoms with Crippen molar-refractivity contribution in [2.45, 2.75) is 25.9 Å². The first-order valence-corrected chi connectivity index (χ1v) is 8.47. The molecule has 2 aromatic rings. The van der Waals surface area contributed by atoms with Gasteiger partial charge in [0.15, 0.2) is 0 Å². The Balaban J connectivity index is 1.61. The highest BCUT2D eigenvalue weighted by Gasteiger charge is 2.29. The predicted octanol–water partition coefficient (Wildman–Crippen LogP) is 3.04. The van der Waals surface area contributed by atoms with Crippen molar-refractivity contribution in [2.75, 3.05) is 13.1 Å². The molecule has 2 heterocycles. The highest BCUT2D eigenvalue weighted by atomic mass is 32.1. The lowest BCUT2D eigenvalue weighted by atomic mass is 9.87. The first-order chi connectivity index (χ1) is 10.7. The number of aliphatic hydroxyl groups is 1. The molecule has 0 unspecified atom stereocenters. The molecular weight excluding hydrogens is 296 g/mol. The standard InChI is InChI=1S/C17H20N2O2S/c1-12-16(22-11-18-12)17(21)19-9-7-14(8-10-19)15(20)13-5-3-2-4-6-13/h2-6,11,14-15,20H,7-10H2,1H3/t15-/m1/s1. The Bertz CT molecular complexity index is 633. The van der Waals surface area contributed by atoms with Crippen molar-refractivity contribution in [3.8, 4) is 0 Å². The molecule has 3 rings (SSSR count). The number of benzene rings is 1. The van der Waals surface area contributed by atoms with Gasteiger partial charge in [-0.2, -0.15) is 0 Å². The number of aliphatic hydroxyl groups excluding tert-OH is 1. The van der Waals surface area contributed by atoms with Crippen molar-refractivity contribution in [1.29, 1.82) is 0 Å². The maximum atomic E-state index is 12.5. The van der Waals surface area contributed by atoms with Gasteiger partial charge in [0.05, 0.1) is 17.3 Å². The van der Waals surface area contributed by atoms with Crippen LogP contribution in [0.5, 0.6) is 0 Å². The first kappa shape index (κ1) is 15.2. The second-order valence-electron chi connectivity index (χ2n) is 5.75. The summed E-state index contributed by atoms with van der Waals surface area (Å²) in [6, 6.07) is 9.77. The Hall–Kier alpha value is -1.72. The third-order valence-electron chi connectivity index (χ3n) is 4.35. The quantitative estimate of drug-likeness (QED) is 0.947. The van der Waals surface area contributed by atoms with Gasteiger partial charge in [0.2, 0.25) is 0 Å². The zero-order valence-corrected chi connectivity index (χ0v) is 13.4. The van der Waals surface area contributed by atoms with Gasteiger partial charge >= 0.3 is 0 Å². The molecule has 22 heavy (non-hydrogen) atoms. The number of piperidine rings is 1. The van der Waals surface area contributed by atoms with E-state index in [-0.39, 0.29) is 11.8 Å². The Morgan fingerprint density at radius 2 is 2.00 bits per heavy atom. The van der Waals surface area contributed by atoms with Crippen LogP contribution in [0.2, 0.25) is 0 Å². The number of hydrogen-bond donors (Lipinski definition) is 1. The number of likely N-dealkylation sites (tertiary alicyclic amines) is 1. The number of aromatic nitrogens is 1. The highest BCUT2D eigenvalue weighted by Crippen LogP contribution is 2.31.